The molecular formula is B60-. The van der Waals surface area contributed by atoms with Crippen molar-refractivity contribution in [1.82, 2.24) is 0 Å². The SMILES string of the molecule is [B]B([B])B(B([B])[B])B(B([B])B([B])[B-])B(B(B(B([B])[B])B([B])[B])B(B([B])[B])B([B])[B])B(B(B(B([B])[B])B([B])[B])B(B([B])[B])B([B])[B])B(B(B([B])[B])B([B])[B])B(B([B])[B])B([B])[B]. The first-order valence-electron chi connectivity index (χ1n) is 19.7. The lowest BCUT2D eigenvalue weighted by Gasteiger charge is -2.59. The lowest BCUT2D eigenvalue weighted by Crippen LogP contribution is -2.97. The Balaban J connectivity index is 10.7. The quantitative estimate of drug-likeness (QED) is 0.0741. The van der Waals surface area contributed by atoms with Gasteiger partial charge in [0.1, 0.15) is 0 Å². The van der Waals surface area contributed by atoms with Crippen molar-refractivity contribution < 1.29 is 0 Å². The molecule has 0 aliphatic carbocycles. The van der Waals surface area contributed by atoms with Crippen molar-refractivity contribution in [3.8, 4) is 0 Å². The molecule has 0 aromatic heterocycles. The Bertz CT molecular complexity index is 931. The highest BCUT2D eigenvalue weighted by atomic mass is 13.4. The molecule has 181 valence electrons. The third-order valence-electron chi connectivity index (χ3n) is 12.4. The molecule has 63 radical (unpaired) electrons. The molecular weight excluding hydrogens is 649 g/mol. The Labute approximate surface area is 421 Å². The fraction of sp³-hybridized carbons (Fsp3) is 0. The summed E-state index contributed by atoms with van der Waals surface area (Å²) < 4.78 is 0. The van der Waals surface area contributed by atoms with Gasteiger partial charge in [-0.2, -0.15) is 0 Å². The van der Waals surface area contributed by atoms with Crippen LogP contribution < -0.4 is 0 Å². The van der Waals surface area contributed by atoms with Crippen molar-refractivity contribution in [2.75, 3.05) is 0 Å². The molecule has 0 heterocycles. The first-order chi connectivity index (χ1) is 27.2. The highest BCUT2D eigenvalue weighted by molar-refractivity contribution is 8.38. The third-order valence-corrected chi connectivity index (χ3v) is 12.4. The first-order valence-corrected chi connectivity index (χ1v) is 19.7. The van der Waals surface area contributed by atoms with E-state index >= 15 is 0 Å². The van der Waals surface area contributed by atoms with Crippen molar-refractivity contribution in [3.63, 3.8) is 0 Å². The van der Waals surface area contributed by atoms with Crippen molar-refractivity contribution in [1.29, 1.82) is 0 Å². The van der Waals surface area contributed by atoms with Gasteiger partial charge in [-0.1, -0.05) is 0 Å². The summed E-state index contributed by atoms with van der Waals surface area (Å²) in [7, 11) is 204. The standard InChI is InChI=1S/B60/c1-32(2)47(31)55(48(33(3)4)34(5)6)59(56(49(35(7)8)36(9)10)50(37(11)12)38(13)14)60(57(51(39(15)16)40(17)18)52(41(19)20)42(21)22)58(53(43(23)24)44(25)26)54(45(27)28)46(29)30/q-1. The maximum atomic E-state index is 7.08. The monoisotopic (exact) mass is 661 g/mol. The van der Waals surface area contributed by atoms with E-state index in [2.05, 4.69) is 0 Å². The summed E-state index contributed by atoms with van der Waals surface area (Å²) in [4.78, 5) is 0. The van der Waals surface area contributed by atoms with Crippen LogP contribution in [0.15, 0.2) is 0 Å². The highest BCUT2D eigenvalue weighted by Crippen LogP contribution is 2.24. The fourth-order valence-electron chi connectivity index (χ4n) is 10.3. The van der Waals surface area contributed by atoms with E-state index < -0.39 is 185 Å². The van der Waals surface area contributed by atoms with Gasteiger partial charge in [-0.15, -0.1) is 0 Å². The molecule has 0 aliphatic rings. The van der Waals surface area contributed by atoms with Gasteiger partial charge in [0.05, 0.1) is 0 Å². The lowest BCUT2D eigenvalue weighted by molar-refractivity contribution is 3.17. The van der Waals surface area contributed by atoms with Crippen molar-refractivity contribution in [3.05, 3.63) is 0 Å². The van der Waals surface area contributed by atoms with Gasteiger partial charge in [0.15, 0.2) is 0 Å². The fourth-order valence-corrected chi connectivity index (χ4v) is 10.3. The van der Waals surface area contributed by atoms with Gasteiger partial charge in [0, 0.05) is 0 Å². The molecule has 0 fully saturated rings. The molecule has 0 aliphatic heterocycles. The van der Waals surface area contributed by atoms with Gasteiger partial charge in [-0.05, 0) is 411 Å². The summed E-state index contributed by atoms with van der Waals surface area (Å²) in [5.41, 5.74) is 0. The summed E-state index contributed by atoms with van der Waals surface area (Å²) in [5.74, 6) is 0. The number of hydrogen-bond acceptors (Lipinski definition) is 0. The van der Waals surface area contributed by atoms with Crippen molar-refractivity contribution in [2.24, 2.45) is 0 Å². The Kier molecular flexibility index (Phi) is 31.1. The largest absolute Gasteiger partial charge is 0.687 e. The second kappa shape index (κ2) is 29.2. The number of rotatable bonds is 28. The van der Waals surface area contributed by atoms with Crippen LogP contribution in [0.2, 0.25) is 0 Å². The summed E-state index contributed by atoms with van der Waals surface area (Å²) >= 11 is 0. The average molecular weight is 649 g/mol. The van der Waals surface area contributed by atoms with E-state index in [0.29, 0.717) is 0 Å². The van der Waals surface area contributed by atoms with Crippen LogP contribution in [0.5, 0.6) is 0 Å². The van der Waals surface area contributed by atoms with Crippen molar-refractivity contribution >= 4 is 425 Å². The van der Waals surface area contributed by atoms with Crippen LogP contribution in [0, 0.1) is 0 Å². The van der Waals surface area contributed by atoms with Crippen LogP contribution in [-0.4, -0.2) is 425 Å². The van der Waals surface area contributed by atoms with Crippen LogP contribution in [0.1, 0.15) is 0 Å². The lowest BCUT2D eigenvalue weighted by atomic mass is 8.23. The second-order valence-electron chi connectivity index (χ2n) is 16.7. The van der Waals surface area contributed by atoms with Crippen LogP contribution in [-0.2, 0) is 0 Å². The zero-order valence-electron chi connectivity index (χ0n) is 34.6. The molecule has 0 spiro atoms. The minimum absolute atomic E-state index is 1.33. The van der Waals surface area contributed by atoms with Gasteiger partial charge < -0.3 is 7.74 Å². The molecule has 0 nitrogen and oxygen atoms in total. The van der Waals surface area contributed by atoms with E-state index in [1.165, 1.54) is 0 Å². The average Bonchev–Trinajstić information content (AvgIpc) is 3.02. The third kappa shape index (κ3) is 17.1. The van der Waals surface area contributed by atoms with Gasteiger partial charge in [0.2, 0.25) is 0 Å². The first kappa shape index (κ1) is 63.9. The Morgan fingerprint density at radius 2 is 0.250 bits per heavy atom. The molecule has 0 atom stereocenters. The maximum Gasteiger partial charge on any atom is -0.0000000000000000739 e. The second-order valence-corrected chi connectivity index (χ2v) is 16.7. The van der Waals surface area contributed by atoms with Gasteiger partial charge in [0.25, 0.3) is 0 Å². The predicted octanol–water partition coefficient (Wildman–Crippen LogP) is -22.8. The molecule has 0 rings (SSSR count). The van der Waals surface area contributed by atoms with E-state index in [9.17, 15) is 0 Å². The molecule has 60 heavy (non-hydrogen) atoms. The zero-order valence-corrected chi connectivity index (χ0v) is 34.6. The summed E-state index contributed by atoms with van der Waals surface area (Å²) in [6.45, 7) is 0. The maximum absolute atomic E-state index is 7.08. The predicted molar refractivity (Wildman–Crippen MR) is 345 cm³/mol. The van der Waals surface area contributed by atoms with E-state index in [4.69, 9.17) is 240 Å². The van der Waals surface area contributed by atoms with E-state index in [1.807, 2.05) is 0 Å². The van der Waals surface area contributed by atoms with Crippen LogP contribution in [0.3, 0.4) is 0 Å². The minimum atomic E-state index is -1.52. The van der Waals surface area contributed by atoms with Gasteiger partial charge in [-0.25, -0.2) is 6.39 Å². The van der Waals surface area contributed by atoms with E-state index in [-0.39, 0.29) is 0 Å². The molecule has 0 N–H and O–H groups in total. The van der Waals surface area contributed by atoms with Crippen LogP contribution in [0.25, 0.3) is 0 Å². The molecule has 0 unspecified atom stereocenters. The minimum Gasteiger partial charge on any atom is -0.687 e. The van der Waals surface area contributed by atoms with E-state index in [1.54, 1.807) is 0 Å². The van der Waals surface area contributed by atoms with Gasteiger partial charge in [-0.3, -0.25) is 0 Å². The normalized spacial score (nSPS) is 9.75. The van der Waals surface area contributed by atoms with Crippen LogP contribution >= 0.6 is 0 Å². The number of hydrogen-bond donors (Lipinski definition) is 0. The Hall–Kier alpha value is 3.90. The molecule has 0 aromatic rings. The molecule has 0 aromatic carbocycles. The highest BCUT2D eigenvalue weighted by Gasteiger charge is 2.62. The molecule has 0 bridgehead atoms. The van der Waals surface area contributed by atoms with Gasteiger partial charge >= 0.3 is 0 Å². The summed E-state index contributed by atoms with van der Waals surface area (Å²) in [6.07, 6.45) is -41.5. The summed E-state index contributed by atoms with van der Waals surface area (Å²) in [5, 5.41) is 0. The smallest absolute Gasteiger partial charge is 0.0000000000000000739 e. The Morgan fingerprint density at radius 1 is 0.150 bits per heavy atom. The summed E-state index contributed by atoms with van der Waals surface area (Å²) in [6, 6.07) is 0. The van der Waals surface area contributed by atoms with E-state index in [0.717, 1.165) is 0 Å². The molecule has 0 saturated carbocycles. The zero-order chi connectivity index (χ0) is 47.7. The van der Waals surface area contributed by atoms with Crippen LogP contribution in [0.4, 0.5) is 0 Å². The molecule has 0 saturated heterocycles. The Morgan fingerprint density at radius 3 is 0.367 bits per heavy atom. The van der Waals surface area contributed by atoms with Crippen molar-refractivity contribution in [2.45, 2.75) is 0 Å². The molecule has 0 amide bonds. The topological polar surface area (TPSA) is 0 Å². The molecule has 60 heteroatoms.